The van der Waals surface area contributed by atoms with E-state index in [1.165, 1.54) is 31.2 Å². The number of ether oxygens (including phenoxy) is 2. The molecule has 1 N–H and O–H groups in total. The zero-order chi connectivity index (χ0) is 16.7. The van der Waals surface area contributed by atoms with Crippen LogP contribution in [-0.4, -0.2) is 23.8 Å². The highest BCUT2D eigenvalue weighted by Crippen LogP contribution is 2.55. The SMILES string of the molecule is O=C(N/N=C/c1cc2c(cc1[N+](=O)[O-])OCO2)C1C2CCCCC21. The van der Waals surface area contributed by atoms with Gasteiger partial charge in [-0.3, -0.25) is 14.9 Å². The van der Waals surface area contributed by atoms with Crippen molar-refractivity contribution >= 4 is 17.8 Å². The molecule has 126 valence electrons. The molecule has 2 aliphatic carbocycles. The number of hydrogen-bond donors (Lipinski definition) is 1. The highest BCUT2D eigenvalue weighted by Gasteiger charge is 2.54. The Bertz CT molecular complexity index is 721. The van der Waals surface area contributed by atoms with Crippen LogP contribution in [0.5, 0.6) is 11.5 Å². The Kier molecular flexibility index (Phi) is 3.59. The van der Waals surface area contributed by atoms with Crippen molar-refractivity contribution in [2.75, 3.05) is 6.79 Å². The lowest BCUT2D eigenvalue weighted by atomic mass is 10.0. The van der Waals surface area contributed by atoms with E-state index in [9.17, 15) is 14.9 Å². The number of hydrazone groups is 1. The molecule has 8 nitrogen and oxygen atoms in total. The second kappa shape index (κ2) is 5.77. The average molecular weight is 331 g/mol. The molecule has 1 amide bonds. The Hall–Kier alpha value is -2.64. The monoisotopic (exact) mass is 331 g/mol. The Morgan fingerprint density at radius 3 is 2.58 bits per heavy atom. The lowest BCUT2D eigenvalue weighted by Crippen LogP contribution is -2.20. The zero-order valence-corrected chi connectivity index (χ0v) is 12.9. The van der Waals surface area contributed by atoms with Gasteiger partial charge in [0, 0.05) is 5.92 Å². The topological polar surface area (TPSA) is 103 Å². The van der Waals surface area contributed by atoms with E-state index in [0.717, 1.165) is 12.8 Å². The standard InChI is InChI=1S/C16H17N3O5/c20-16(15-10-3-1-2-4-11(10)15)18-17-7-9-5-13-14(24-8-23-13)6-12(9)19(21)22/h5-7,10-11,15H,1-4,8H2,(H,18,20)/b17-7+. The molecular weight excluding hydrogens is 314 g/mol. The lowest BCUT2D eigenvalue weighted by Gasteiger charge is -2.04. The van der Waals surface area contributed by atoms with Crippen molar-refractivity contribution < 1.29 is 19.2 Å². The van der Waals surface area contributed by atoms with Gasteiger partial charge in [0.1, 0.15) is 0 Å². The van der Waals surface area contributed by atoms with Crippen LogP contribution in [0.1, 0.15) is 31.2 Å². The number of nitro benzene ring substituents is 1. The summed E-state index contributed by atoms with van der Waals surface area (Å²) in [5.74, 6) is 1.72. The average Bonchev–Trinajstić information content (AvgIpc) is 3.13. The summed E-state index contributed by atoms with van der Waals surface area (Å²) in [6.45, 7) is 0.0360. The molecule has 2 atom stereocenters. The van der Waals surface area contributed by atoms with Gasteiger partial charge in [0.15, 0.2) is 11.5 Å². The number of rotatable bonds is 4. The zero-order valence-electron chi connectivity index (χ0n) is 12.9. The number of hydrogen-bond acceptors (Lipinski definition) is 6. The van der Waals surface area contributed by atoms with E-state index in [-0.39, 0.29) is 29.9 Å². The number of nitrogens with one attached hydrogen (secondary N) is 1. The summed E-state index contributed by atoms with van der Waals surface area (Å²) in [4.78, 5) is 22.8. The van der Waals surface area contributed by atoms with Gasteiger partial charge in [0.2, 0.25) is 12.7 Å². The molecule has 3 aliphatic rings. The van der Waals surface area contributed by atoms with E-state index in [4.69, 9.17) is 9.47 Å². The number of fused-ring (bicyclic) bond motifs is 2. The minimum absolute atomic E-state index is 0.0360. The number of amides is 1. The molecular formula is C16H17N3O5. The number of nitro groups is 1. The molecule has 24 heavy (non-hydrogen) atoms. The molecule has 1 aromatic carbocycles. The van der Waals surface area contributed by atoms with Crippen molar-refractivity contribution in [1.82, 2.24) is 5.43 Å². The largest absolute Gasteiger partial charge is 0.454 e. The highest BCUT2D eigenvalue weighted by atomic mass is 16.7. The van der Waals surface area contributed by atoms with E-state index in [1.807, 2.05) is 0 Å². The second-order valence-electron chi connectivity index (χ2n) is 6.39. The van der Waals surface area contributed by atoms with Crippen LogP contribution in [0.4, 0.5) is 5.69 Å². The Labute approximate surface area is 138 Å². The molecule has 0 radical (unpaired) electrons. The van der Waals surface area contributed by atoms with Crippen molar-refractivity contribution in [1.29, 1.82) is 0 Å². The van der Waals surface area contributed by atoms with Crippen LogP contribution in [0.2, 0.25) is 0 Å². The van der Waals surface area contributed by atoms with Gasteiger partial charge in [0.25, 0.3) is 5.69 Å². The van der Waals surface area contributed by atoms with Gasteiger partial charge < -0.3 is 9.47 Å². The van der Waals surface area contributed by atoms with Crippen LogP contribution in [0, 0.1) is 27.9 Å². The summed E-state index contributed by atoms with van der Waals surface area (Å²) in [7, 11) is 0. The van der Waals surface area contributed by atoms with E-state index < -0.39 is 4.92 Å². The molecule has 8 heteroatoms. The predicted octanol–water partition coefficient (Wildman–Crippen LogP) is 2.21. The summed E-state index contributed by atoms with van der Waals surface area (Å²) in [5, 5.41) is 15.1. The quantitative estimate of drug-likeness (QED) is 0.517. The number of carbonyl (C=O) groups is 1. The summed E-state index contributed by atoms with van der Waals surface area (Å²) >= 11 is 0. The van der Waals surface area contributed by atoms with Crippen molar-refractivity contribution in [3.05, 3.63) is 27.8 Å². The summed E-state index contributed by atoms with van der Waals surface area (Å²) in [5.41, 5.74) is 2.64. The lowest BCUT2D eigenvalue weighted by molar-refractivity contribution is -0.385. The van der Waals surface area contributed by atoms with Gasteiger partial charge >= 0.3 is 0 Å². The van der Waals surface area contributed by atoms with E-state index in [2.05, 4.69) is 10.5 Å². The van der Waals surface area contributed by atoms with Crippen LogP contribution >= 0.6 is 0 Å². The first-order valence-corrected chi connectivity index (χ1v) is 8.06. The third-order valence-electron chi connectivity index (χ3n) is 5.06. The molecule has 2 unspecified atom stereocenters. The van der Waals surface area contributed by atoms with Crippen molar-refractivity contribution in [2.45, 2.75) is 25.7 Å². The van der Waals surface area contributed by atoms with Crippen molar-refractivity contribution in [3.8, 4) is 11.5 Å². The third-order valence-corrected chi connectivity index (χ3v) is 5.06. The molecule has 0 saturated heterocycles. The Morgan fingerprint density at radius 1 is 1.25 bits per heavy atom. The minimum Gasteiger partial charge on any atom is -0.454 e. The van der Waals surface area contributed by atoms with Crippen LogP contribution in [0.15, 0.2) is 17.2 Å². The van der Waals surface area contributed by atoms with Gasteiger partial charge in [-0.1, -0.05) is 12.8 Å². The maximum Gasteiger partial charge on any atom is 0.282 e. The fraction of sp³-hybridized carbons (Fsp3) is 0.500. The molecule has 2 saturated carbocycles. The first-order chi connectivity index (χ1) is 11.6. The van der Waals surface area contributed by atoms with Crippen molar-refractivity contribution in [3.63, 3.8) is 0 Å². The summed E-state index contributed by atoms with van der Waals surface area (Å²) in [6, 6.07) is 2.80. The van der Waals surface area contributed by atoms with Crippen LogP contribution < -0.4 is 14.9 Å². The van der Waals surface area contributed by atoms with Crippen LogP contribution in [0.3, 0.4) is 0 Å². The highest BCUT2D eigenvalue weighted by molar-refractivity contribution is 5.89. The second-order valence-corrected chi connectivity index (χ2v) is 6.39. The first kappa shape index (κ1) is 14.9. The van der Waals surface area contributed by atoms with Crippen LogP contribution in [-0.2, 0) is 4.79 Å². The number of nitrogens with zero attached hydrogens (tertiary/aromatic N) is 2. The molecule has 4 rings (SSSR count). The minimum atomic E-state index is -0.513. The number of carbonyl (C=O) groups excluding carboxylic acids is 1. The molecule has 2 fully saturated rings. The van der Waals surface area contributed by atoms with E-state index >= 15 is 0 Å². The van der Waals surface area contributed by atoms with Gasteiger partial charge in [-0.05, 0) is 30.7 Å². The maximum absolute atomic E-state index is 12.2. The van der Waals surface area contributed by atoms with Gasteiger partial charge in [-0.2, -0.15) is 5.10 Å². The molecule has 1 aromatic rings. The number of benzene rings is 1. The normalized spacial score (nSPS) is 26.9. The Morgan fingerprint density at radius 2 is 1.92 bits per heavy atom. The van der Waals surface area contributed by atoms with Gasteiger partial charge in [0.05, 0.1) is 22.8 Å². The molecule has 1 heterocycles. The first-order valence-electron chi connectivity index (χ1n) is 8.06. The summed E-state index contributed by atoms with van der Waals surface area (Å²) < 4.78 is 10.4. The van der Waals surface area contributed by atoms with Gasteiger partial charge in [-0.25, -0.2) is 5.43 Å². The fourth-order valence-corrected chi connectivity index (χ4v) is 3.83. The predicted molar refractivity (Wildman–Crippen MR) is 83.9 cm³/mol. The molecule has 0 spiro atoms. The van der Waals surface area contributed by atoms with Crippen molar-refractivity contribution in [2.24, 2.45) is 22.9 Å². The summed E-state index contributed by atoms with van der Waals surface area (Å²) in [6.07, 6.45) is 5.89. The molecule has 0 aromatic heterocycles. The van der Waals surface area contributed by atoms with Gasteiger partial charge in [-0.15, -0.1) is 0 Å². The maximum atomic E-state index is 12.2. The smallest absolute Gasteiger partial charge is 0.282 e. The third kappa shape index (κ3) is 2.57. The Balaban J connectivity index is 1.46. The molecule has 0 bridgehead atoms. The molecule has 1 aliphatic heterocycles. The van der Waals surface area contributed by atoms with Crippen LogP contribution in [0.25, 0.3) is 0 Å². The fourth-order valence-electron chi connectivity index (χ4n) is 3.83. The van der Waals surface area contributed by atoms with E-state index in [0.29, 0.717) is 23.3 Å². The van der Waals surface area contributed by atoms with E-state index in [1.54, 1.807) is 0 Å².